The lowest BCUT2D eigenvalue weighted by Crippen LogP contribution is -2.14. The van der Waals surface area contributed by atoms with E-state index in [0.29, 0.717) is 5.75 Å². The van der Waals surface area contributed by atoms with Crippen LogP contribution in [0.5, 0.6) is 0 Å². The molecule has 0 aliphatic heterocycles. The van der Waals surface area contributed by atoms with Crippen LogP contribution >= 0.6 is 0 Å². The van der Waals surface area contributed by atoms with Crippen LogP contribution in [0.15, 0.2) is 54.6 Å². The fraction of sp³-hybridized carbons (Fsp3) is 0.188. The topological polar surface area (TPSA) is 34.1 Å². The van der Waals surface area contributed by atoms with Gasteiger partial charge in [-0.1, -0.05) is 42.5 Å². The molecule has 0 amide bonds. The molecule has 104 valence electrons. The Morgan fingerprint density at radius 3 is 2.25 bits per heavy atom. The van der Waals surface area contributed by atoms with E-state index in [1.165, 1.54) is 12.1 Å². The maximum Gasteiger partial charge on any atom is 0.149 e. The summed E-state index contributed by atoms with van der Waals surface area (Å²) >= 11 is 0. The maximum absolute atomic E-state index is 12.7. The van der Waals surface area contributed by atoms with Gasteiger partial charge < -0.3 is 0 Å². The van der Waals surface area contributed by atoms with Gasteiger partial charge in [0.2, 0.25) is 0 Å². The Balaban J connectivity index is 1.85. The summed E-state index contributed by atoms with van der Waals surface area (Å²) in [5.74, 6) is 0.00200. The molecule has 1 atom stereocenters. The van der Waals surface area contributed by atoms with Crippen LogP contribution in [0.2, 0.25) is 0 Å². The van der Waals surface area contributed by atoms with Crippen molar-refractivity contribution in [2.24, 2.45) is 0 Å². The smallest absolute Gasteiger partial charge is 0.149 e. The van der Waals surface area contributed by atoms with Crippen LogP contribution < -0.4 is 0 Å². The van der Waals surface area contributed by atoms with Crippen LogP contribution in [0.4, 0.5) is 4.39 Å². The molecule has 0 fully saturated rings. The molecule has 20 heavy (non-hydrogen) atoms. The van der Waals surface area contributed by atoms with Crippen molar-refractivity contribution in [1.29, 1.82) is 0 Å². The number of hydrogen-bond acceptors (Lipinski definition) is 2. The Morgan fingerprint density at radius 2 is 1.60 bits per heavy atom. The second kappa shape index (κ2) is 7.10. The average Bonchev–Trinajstić information content (AvgIpc) is 2.42. The van der Waals surface area contributed by atoms with Crippen LogP contribution in [0, 0.1) is 5.82 Å². The van der Waals surface area contributed by atoms with E-state index in [2.05, 4.69) is 0 Å². The Morgan fingerprint density at radius 1 is 0.950 bits per heavy atom. The minimum atomic E-state index is -1.20. The third kappa shape index (κ3) is 4.70. The second-order valence-corrected chi connectivity index (χ2v) is 6.01. The molecule has 4 heteroatoms. The first kappa shape index (κ1) is 14.6. The molecule has 0 saturated heterocycles. The van der Waals surface area contributed by atoms with Crippen molar-refractivity contribution in [3.63, 3.8) is 0 Å². The molecule has 2 aromatic carbocycles. The quantitative estimate of drug-likeness (QED) is 0.820. The van der Waals surface area contributed by atoms with Crippen molar-refractivity contribution >= 4 is 16.6 Å². The number of benzene rings is 2. The molecule has 2 nitrogen and oxygen atoms in total. The molecule has 0 N–H and O–H groups in total. The zero-order valence-corrected chi connectivity index (χ0v) is 11.7. The fourth-order valence-electron chi connectivity index (χ4n) is 1.87. The van der Waals surface area contributed by atoms with Gasteiger partial charge in [0, 0.05) is 23.0 Å². The summed E-state index contributed by atoms with van der Waals surface area (Å²) in [5, 5.41) is 0. The molecule has 2 aromatic rings. The average molecular weight is 290 g/mol. The molecule has 0 heterocycles. The van der Waals surface area contributed by atoms with Crippen molar-refractivity contribution in [3.05, 3.63) is 71.5 Å². The molecule has 1 unspecified atom stereocenters. The lowest BCUT2D eigenvalue weighted by molar-refractivity contribution is -0.116. The summed E-state index contributed by atoms with van der Waals surface area (Å²) in [6, 6.07) is 15.2. The normalized spacial score (nSPS) is 12.1. The third-order valence-electron chi connectivity index (χ3n) is 2.81. The molecule has 0 bridgehead atoms. The Kier molecular flexibility index (Phi) is 5.18. The first-order chi connectivity index (χ1) is 9.63. The molecule has 0 aromatic heterocycles. The van der Waals surface area contributed by atoms with Gasteiger partial charge in [-0.3, -0.25) is 9.00 Å². The molecule has 0 aliphatic rings. The monoisotopic (exact) mass is 290 g/mol. The van der Waals surface area contributed by atoms with E-state index in [0.717, 1.165) is 11.1 Å². The summed E-state index contributed by atoms with van der Waals surface area (Å²) in [6.45, 7) is 0. The SMILES string of the molecule is O=C(Cc1ccc(F)cc1)CS(=O)Cc1ccccc1. The van der Waals surface area contributed by atoms with Crippen molar-refractivity contribution in [2.75, 3.05) is 5.75 Å². The van der Waals surface area contributed by atoms with E-state index < -0.39 is 10.8 Å². The number of carbonyl (C=O) groups is 1. The lowest BCUT2D eigenvalue weighted by Gasteiger charge is -2.03. The largest absolute Gasteiger partial charge is 0.298 e. The highest BCUT2D eigenvalue weighted by Gasteiger charge is 2.09. The van der Waals surface area contributed by atoms with Gasteiger partial charge >= 0.3 is 0 Å². The van der Waals surface area contributed by atoms with Gasteiger partial charge in [0.25, 0.3) is 0 Å². The van der Waals surface area contributed by atoms with E-state index in [4.69, 9.17) is 0 Å². The predicted octanol–water partition coefficient (Wildman–Crippen LogP) is 2.89. The van der Waals surface area contributed by atoms with Crippen LogP contribution in [0.25, 0.3) is 0 Å². The fourth-order valence-corrected chi connectivity index (χ4v) is 3.00. The Bertz CT molecular complexity index is 594. The molecule has 2 rings (SSSR count). The van der Waals surface area contributed by atoms with E-state index in [9.17, 15) is 13.4 Å². The van der Waals surface area contributed by atoms with Crippen molar-refractivity contribution in [2.45, 2.75) is 12.2 Å². The number of halogens is 1. The minimum absolute atomic E-state index is 0.0340. The zero-order chi connectivity index (χ0) is 14.4. The molecule has 0 aliphatic carbocycles. The first-order valence-electron chi connectivity index (χ1n) is 6.28. The standard InChI is InChI=1S/C16H15FO2S/c17-15-8-6-13(7-9-15)10-16(18)12-20(19)11-14-4-2-1-3-5-14/h1-9H,10-12H2. The summed E-state index contributed by atoms with van der Waals surface area (Å²) < 4.78 is 24.6. The van der Waals surface area contributed by atoms with Gasteiger partial charge in [-0.15, -0.1) is 0 Å². The third-order valence-corrected chi connectivity index (χ3v) is 4.11. The summed E-state index contributed by atoms with van der Waals surface area (Å²) in [5.41, 5.74) is 1.70. The van der Waals surface area contributed by atoms with Gasteiger partial charge in [0.1, 0.15) is 11.6 Å². The molecule has 0 saturated carbocycles. The summed E-state index contributed by atoms with van der Waals surface area (Å²) in [6.07, 6.45) is 0.195. The van der Waals surface area contributed by atoms with Gasteiger partial charge in [-0.05, 0) is 23.3 Å². The summed E-state index contributed by atoms with van der Waals surface area (Å²) in [7, 11) is -1.20. The van der Waals surface area contributed by atoms with Crippen LogP contribution in [-0.4, -0.2) is 15.7 Å². The number of Topliss-reactive ketones (excluding diaryl/α,β-unsaturated/α-hetero) is 1. The highest BCUT2D eigenvalue weighted by Crippen LogP contribution is 2.06. The lowest BCUT2D eigenvalue weighted by atomic mass is 10.1. The van der Waals surface area contributed by atoms with Crippen LogP contribution in [-0.2, 0) is 27.8 Å². The van der Waals surface area contributed by atoms with Gasteiger partial charge in [-0.25, -0.2) is 4.39 Å². The van der Waals surface area contributed by atoms with Crippen molar-refractivity contribution < 1.29 is 13.4 Å². The molecule has 0 spiro atoms. The number of ketones is 1. The minimum Gasteiger partial charge on any atom is -0.298 e. The number of rotatable bonds is 6. The van der Waals surface area contributed by atoms with E-state index in [1.807, 2.05) is 30.3 Å². The highest BCUT2D eigenvalue weighted by atomic mass is 32.2. The predicted molar refractivity (Wildman–Crippen MR) is 78.3 cm³/mol. The maximum atomic E-state index is 12.7. The van der Waals surface area contributed by atoms with E-state index >= 15 is 0 Å². The van der Waals surface area contributed by atoms with Crippen LogP contribution in [0.1, 0.15) is 11.1 Å². The number of carbonyl (C=O) groups excluding carboxylic acids is 1. The Labute approximate surface area is 120 Å². The first-order valence-corrected chi connectivity index (χ1v) is 7.77. The molecule has 0 radical (unpaired) electrons. The number of hydrogen-bond donors (Lipinski definition) is 0. The Hall–Kier alpha value is -1.81. The van der Waals surface area contributed by atoms with Crippen molar-refractivity contribution in [1.82, 2.24) is 0 Å². The molecular formula is C16H15FO2S. The summed E-state index contributed by atoms with van der Waals surface area (Å²) in [4.78, 5) is 11.8. The van der Waals surface area contributed by atoms with E-state index in [-0.39, 0.29) is 23.8 Å². The van der Waals surface area contributed by atoms with Gasteiger partial charge in [-0.2, -0.15) is 0 Å². The van der Waals surface area contributed by atoms with Gasteiger partial charge in [0.15, 0.2) is 0 Å². The van der Waals surface area contributed by atoms with Crippen LogP contribution in [0.3, 0.4) is 0 Å². The molecular weight excluding hydrogens is 275 g/mol. The zero-order valence-electron chi connectivity index (χ0n) is 10.9. The highest BCUT2D eigenvalue weighted by molar-refractivity contribution is 7.84. The van der Waals surface area contributed by atoms with Crippen molar-refractivity contribution in [3.8, 4) is 0 Å². The second-order valence-electron chi connectivity index (χ2n) is 4.56. The van der Waals surface area contributed by atoms with Gasteiger partial charge in [0.05, 0.1) is 5.75 Å². The van der Waals surface area contributed by atoms with E-state index in [1.54, 1.807) is 12.1 Å².